The topological polar surface area (TPSA) is 73.6 Å². The van der Waals surface area contributed by atoms with Gasteiger partial charge in [0.2, 0.25) is 5.91 Å². The molecule has 128 valence electrons. The molecule has 0 atom stereocenters. The lowest BCUT2D eigenvalue weighted by Crippen LogP contribution is -2.14. The maximum atomic E-state index is 12.3. The highest BCUT2D eigenvalue weighted by Gasteiger charge is 2.11. The van der Waals surface area contributed by atoms with E-state index in [-0.39, 0.29) is 12.3 Å². The zero-order chi connectivity index (χ0) is 17.6. The molecule has 0 fully saturated rings. The molecule has 0 spiro atoms. The van der Waals surface area contributed by atoms with Crippen molar-refractivity contribution in [1.29, 1.82) is 0 Å². The van der Waals surface area contributed by atoms with E-state index in [9.17, 15) is 4.79 Å². The molecular weight excluding hydrogens is 320 g/mol. The van der Waals surface area contributed by atoms with E-state index in [1.165, 1.54) is 6.39 Å². The Balaban J connectivity index is 1.73. The molecule has 1 aromatic heterocycles. The van der Waals surface area contributed by atoms with Gasteiger partial charge in [-0.1, -0.05) is 12.1 Å². The Bertz CT molecular complexity index is 860. The first-order chi connectivity index (χ1) is 12.2. The Labute approximate surface area is 145 Å². The Morgan fingerprint density at radius 2 is 2.04 bits per heavy atom. The van der Waals surface area contributed by atoms with Gasteiger partial charge in [0, 0.05) is 11.8 Å². The number of carbonyl (C=O) groups excluding carboxylic acids is 1. The first-order valence-corrected chi connectivity index (χ1v) is 7.69. The van der Waals surface area contributed by atoms with Crippen LogP contribution in [-0.4, -0.2) is 25.1 Å². The summed E-state index contributed by atoms with van der Waals surface area (Å²) in [7, 11) is 3.17. The predicted octanol–water partition coefficient (Wildman–Crippen LogP) is 3.54. The average molecular weight is 338 g/mol. The minimum absolute atomic E-state index is 0.122. The molecule has 0 aliphatic carbocycles. The highest BCUT2D eigenvalue weighted by Crippen LogP contribution is 2.32. The SMILES string of the molecule is COc1cccc(CC(=O)Nc2ccc(-c3cnco3)c(OC)c2)c1. The molecule has 25 heavy (non-hydrogen) atoms. The van der Waals surface area contributed by atoms with Gasteiger partial charge < -0.3 is 19.2 Å². The molecule has 3 aromatic rings. The van der Waals surface area contributed by atoms with E-state index in [2.05, 4.69) is 10.3 Å². The van der Waals surface area contributed by atoms with Crippen LogP contribution in [0.2, 0.25) is 0 Å². The molecule has 6 heteroatoms. The van der Waals surface area contributed by atoms with Crippen molar-refractivity contribution >= 4 is 11.6 Å². The van der Waals surface area contributed by atoms with E-state index in [1.807, 2.05) is 30.3 Å². The average Bonchev–Trinajstić information content (AvgIpc) is 3.16. The van der Waals surface area contributed by atoms with Crippen molar-refractivity contribution in [3.63, 3.8) is 0 Å². The number of rotatable bonds is 6. The number of anilines is 1. The van der Waals surface area contributed by atoms with Crippen LogP contribution >= 0.6 is 0 Å². The zero-order valence-corrected chi connectivity index (χ0v) is 14.0. The number of nitrogens with one attached hydrogen (secondary N) is 1. The molecule has 1 N–H and O–H groups in total. The van der Waals surface area contributed by atoms with E-state index in [1.54, 1.807) is 32.5 Å². The summed E-state index contributed by atoms with van der Waals surface area (Å²) in [6, 6.07) is 12.8. The largest absolute Gasteiger partial charge is 0.497 e. The zero-order valence-electron chi connectivity index (χ0n) is 14.0. The fourth-order valence-electron chi connectivity index (χ4n) is 2.49. The van der Waals surface area contributed by atoms with Gasteiger partial charge in [0.25, 0.3) is 0 Å². The number of benzene rings is 2. The molecular formula is C19H18N2O4. The van der Waals surface area contributed by atoms with Crippen molar-refractivity contribution in [2.75, 3.05) is 19.5 Å². The maximum Gasteiger partial charge on any atom is 0.228 e. The molecule has 6 nitrogen and oxygen atoms in total. The number of aromatic nitrogens is 1. The summed E-state index contributed by atoms with van der Waals surface area (Å²) >= 11 is 0. The standard InChI is InChI=1S/C19H18N2O4/c1-23-15-5-3-4-13(8-15)9-19(22)21-14-6-7-16(17(10-14)24-2)18-11-20-12-25-18/h3-8,10-12H,9H2,1-2H3,(H,21,22). The van der Waals surface area contributed by atoms with Gasteiger partial charge in [0.1, 0.15) is 11.5 Å². The molecule has 1 amide bonds. The van der Waals surface area contributed by atoms with Crippen LogP contribution in [0.4, 0.5) is 5.69 Å². The third-order valence-corrected chi connectivity index (χ3v) is 3.68. The van der Waals surface area contributed by atoms with Gasteiger partial charge in [-0.05, 0) is 29.8 Å². The third kappa shape index (κ3) is 3.98. The van der Waals surface area contributed by atoms with Crippen LogP contribution in [0, 0.1) is 0 Å². The fraction of sp³-hybridized carbons (Fsp3) is 0.158. The second kappa shape index (κ2) is 7.53. The van der Waals surface area contributed by atoms with E-state index in [4.69, 9.17) is 13.9 Å². The van der Waals surface area contributed by atoms with Gasteiger partial charge in [-0.15, -0.1) is 0 Å². The van der Waals surface area contributed by atoms with Gasteiger partial charge in [-0.2, -0.15) is 0 Å². The molecule has 0 radical (unpaired) electrons. The highest BCUT2D eigenvalue weighted by atomic mass is 16.5. The smallest absolute Gasteiger partial charge is 0.228 e. The van der Waals surface area contributed by atoms with Crippen LogP contribution in [0.25, 0.3) is 11.3 Å². The van der Waals surface area contributed by atoms with Crippen LogP contribution in [0.5, 0.6) is 11.5 Å². The minimum atomic E-state index is -0.122. The highest BCUT2D eigenvalue weighted by molar-refractivity contribution is 5.93. The Morgan fingerprint density at radius 1 is 1.16 bits per heavy atom. The monoisotopic (exact) mass is 338 g/mol. The number of ether oxygens (including phenoxy) is 2. The summed E-state index contributed by atoms with van der Waals surface area (Å²) in [4.78, 5) is 16.2. The van der Waals surface area contributed by atoms with E-state index < -0.39 is 0 Å². The first-order valence-electron chi connectivity index (χ1n) is 7.69. The molecule has 0 aliphatic rings. The molecule has 0 saturated carbocycles. The summed E-state index contributed by atoms with van der Waals surface area (Å²) in [5, 5.41) is 2.87. The lowest BCUT2D eigenvalue weighted by molar-refractivity contribution is -0.115. The van der Waals surface area contributed by atoms with Crippen LogP contribution < -0.4 is 14.8 Å². The summed E-state index contributed by atoms with van der Waals surface area (Å²) < 4.78 is 15.8. The van der Waals surface area contributed by atoms with E-state index >= 15 is 0 Å². The maximum absolute atomic E-state index is 12.3. The fourth-order valence-corrected chi connectivity index (χ4v) is 2.49. The van der Waals surface area contributed by atoms with Crippen molar-refractivity contribution in [2.45, 2.75) is 6.42 Å². The quantitative estimate of drug-likeness (QED) is 0.744. The second-order valence-electron chi connectivity index (χ2n) is 5.36. The normalized spacial score (nSPS) is 10.3. The molecule has 0 unspecified atom stereocenters. The number of amides is 1. The minimum Gasteiger partial charge on any atom is -0.497 e. The number of hydrogen-bond donors (Lipinski definition) is 1. The second-order valence-corrected chi connectivity index (χ2v) is 5.36. The van der Waals surface area contributed by atoms with Crippen LogP contribution in [0.1, 0.15) is 5.56 Å². The Kier molecular flexibility index (Phi) is 4.99. The van der Waals surface area contributed by atoms with E-state index in [0.717, 1.165) is 16.9 Å². The predicted molar refractivity (Wildman–Crippen MR) is 93.8 cm³/mol. The van der Waals surface area contributed by atoms with Crippen molar-refractivity contribution in [1.82, 2.24) is 4.98 Å². The number of carbonyl (C=O) groups is 1. The lowest BCUT2D eigenvalue weighted by atomic mass is 10.1. The van der Waals surface area contributed by atoms with Gasteiger partial charge in [0.15, 0.2) is 12.2 Å². The van der Waals surface area contributed by atoms with Crippen molar-refractivity contribution in [2.24, 2.45) is 0 Å². The third-order valence-electron chi connectivity index (χ3n) is 3.68. The summed E-state index contributed by atoms with van der Waals surface area (Å²) in [5.41, 5.74) is 2.29. The number of oxazole rings is 1. The molecule has 1 heterocycles. The van der Waals surface area contributed by atoms with Crippen LogP contribution in [0.15, 0.2) is 59.5 Å². The van der Waals surface area contributed by atoms with Crippen molar-refractivity contribution in [3.05, 3.63) is 60.6 Å². The number of nitrogens with zero attached hydrogens (tertiary/aromatic N) is 1. The Morgan fingerprint density at radius 3 is 2.76 bits per heavy atom. The molecule has 2 aromatic carbocycles. The Hall–Kier alpha value is -3.28. The molecule has 0 aliphatic heterocycles. The van der Waals surface area contributed by atoms with Gasteiger partial charge in [-0.25, -0.2) is 4.98 Å². The van der Waals surface area contributed by atoms with E-state index in [0.29, 0.717) is 17.2 Å². The van der Waals surface area contributed by atoms with Crippen LogP contribution in [-0.2, 0) is 11.2 Å². The summed E-state index contributed by atoms with van der Waals surface area (Å²) in [6.07, 6.45) is 3.22. The lowest BCUT2D eigenvalue weighted by Gasteiger charge is -2.10. The molecule has 0 bridgehead atoms. The first kappa shape index (κ1) is 16.6. The van der Waals surface area contributed by atoms with Crippen LogP contribution in [0.3, 0.4) is 0 Å². The van der Waals surface area contributed by atoms with Gasteiger partial charge >= 0.3 is 0 Å². The summed E-state index contributed by atoms with van der Waals surface area (Å²) in [5.74, 6) is 1.80. The summed E-state index contributed by atoms with van der Waals surface area (Å²) in [6.45, 7) is 0. The number of hydrogen-bond acceptors (Lipinski definition) is 5. The molecule has 3 rings (SSSR count). The van der Waals surface area contributed by atoms with Gasteiger partial charge in [-0.3, -0.25) is 4.79 Å². The van der Waals surface area contributed by atoms with Gasteiger partial charge in [0.05, 0.1) is 32.4 Å². The van der Waals surface area contributed by atoms with Crippen molar-refractivity contribution in [3.8, 4) is 22.8 Å². The van der Waals surface area contributed by atoms with Crippen molar-refractivity contribution < 1.29 is 18.7 Å². The molecule has 0 saturated heterocycles. The number of methoxy groups -OCH3 is 2.